The summed E-state index contributed by atoms with van der Waals surface area (Å²) >= 11 is 1.36. The fraction of sp³-hybridized carbons (Fsp3) is 0.346. The molecule has 0 atom stereocenters. The Morgan fingerprint density at radius 2 is 1.94 bits per heavy atom. The van der Waals surface area contributed by atoms with E-state index in [9.17, 15) is 4.79 Å². The highest BCUT2D eigenvalue weighted by Gasteiger charge is 2.15. The second-order valence-corrected chi connectivity index (χ2v) is 9.05. The van der Waals surface area contributed by atoms with Crippen LogP contribution in [-0.4, -0.2) is 26.4 Å². The number of fused-ring (bicyclic) bond motifs is 1. The van der Waals surface area contributed by atoms with E-state index in [1.165, 1.54) is 41.3 Å². The Morgan fingerprint density at radius 1 is 1.15 bits per heavy atom. The number of hydrogen-bond donors (Lipinski definition) is 1. The summed E-state index contributed by atoms with van der Waals surface area (Å²) in [6.07, 6.45) is 7.54. The molecule has 1 aliphatic rings. The zero-order valence-electron chi connectivity index (χ0n) is 19.0. The molecule has 0 fully saturated rings. The maximum absolute atomic E-state index is 12.4. The number of nitrogens with zero attached hydrogens (tertiary/aromatic N) is 3. The summed E-state index contributed by atoms with van der Waals surface area (Å²) in [4.78, 5) is 12.4. The Hall–Kier alpha value is -3.06. The lowest BCUT2D eigenvalue weighted by Crippen LogP contribution is -2.15. The zero-order valence-corrected chi connectivity index (χ0v) is 19.9. The minimum Gasteiger partial charge on any atom is -0.486 e. The van der Waals surface area contributed by atoms with Crippen LogP contribution in [0.4, 0.5) is 5.69 Å². The Kier molecular flexibility index (Phi) is 7.83. The van der Waals surface area contributed by atoms with Crippen LogP contribution in [0.2, 0.25) is 0 Å². The van der Waals surface area contributed by atoms with Gasteiger partial charge in [0.25, 0.3) is 0 Å². The number of rotatable bonds is 10. The van der Waals surface area contributed by atoms with Crippen LogP contribution in [-0.2, 0) is 37.2 Å². The number of carbonyl (C=O) groups excluding carboxylic acids is 1. The molecule has 1 heterocycles. The van der Waals surface area contributed by atoms with Crippen LogP contribution in [0, 0.1) is 0 Å². The number of thioether (sulfide) groups is 1. The molecule has 0 radical (unpaired) electrons. The second-order valence-electron chi connectivity index (χ2n) is 8.11. The Bertz CT molecular complexity index is 1110. The first-order valence-corrected chi connectivity index (χ1v) is 12.4. The number of allylic oxidation sites excluding steroid dienone is 1. The van der Waals surface area contributed by atoms with Crippen molar-refractivity contribution in [2.75, 3.05) is 11.1 Å². The molecule has 0 aliphatic heterocycles. The number of carbonyl (C=O) groups is 1. The lowest BCUT2D eigenvalue weighted by Gasteiger charge is -2.16. The smallest absolute Gasteiger partial charge is 0.234 e. The maximum Gasteiger partial charge on any atom is 0.234 e. The molecule has 7 heteroatoms. The minimum absolute atomic E-state index is 0.0794. The van der Waals surface area contributed by atoms with Crippen LogP contribution in [0.25, 0.3) is 0 Å². The molecule has 1 N–H and O–H groups in total. The number of amides is 1. The molecule has 0 unspecified atom stereocenters. The lowest BCUT2D eigenvalue weighted by atomic mass is 9.92. The highest BCUT2D eigenvalue weighted by molar-refractivity contribution is 7.99. The fourth-order valence-electron chi connectivity index (χ4n) is 3.94. The standard InChI is InChI=1S/C26H30N4O2S/c1-3-15-30-24(17-32-23-14-11-20-7-5-6-8-21(20)16-23)28-29-26(30)33-18-25(31)27-22-12-9-19(4-2)10-13-22/h3,9-14,16H,1,4-8,15,17-18H2,2H3,(H,27,31). The number of aromatic nitrogens is 3. The topological polar surface area (TPSA) is 69.0 Å². The number of aryl methyl sites for hydroxylation is 3. The Labute approximate surface area is 199 Å². The van der Waals surface area contributed by atoms with Crippen molar-refractivity contribution in [3.05, 3.63) is 77.6 Å². The molecule has 1 amide bonds. The van der Waals surface area contributed by atoms with E-state index in [1.54, 1.807) is 6.08 Å². The molecule has 1 aromatic heterocycles. The maximum atomic E-state index is 12.4. The van der Waals surface area contributed by atoms with E-state index in [4.69, 9.17) is 4.74 Å². The first-order valence-electron chi connectivity index (χ1n) is 11.5. The van der Waals surface area contributed by atoms with Gasteiger partial charge in [-0.25, -0.2) is 0 Å². The average Bonchev–Trinajstić information content (AvgIpc) is 3.23. The van der Waals surface area contributed by atoms with Crippen molar-refractivity contribution < 1.29 is 9.53 Å². The molecular formula is C26H30N4O2S. The summed E-state index contributed by atoms with van der Waals surface area (Å²) in [5.41, 5.74) is 4.86. The van der Waals surface area contributed by atoms with Crippen molar-refractivity contribution in [2.45, 2.75) is 57.3 Å². The monoisotopic (exact) mass is 462 g/mol. The number of anilines is 1. The van der Waals surface area contributed by atoms with Crippen LogP contribution < -0.4 is 10.1 Å². The summed E-state index contributed by atoms with van der Waals surface area (Å²) < 4.78 is 7.98. The van der Waals surface area contributed by atoms with Gasteiger partial charge in [0.1, 0.15) is 12.4 Å². The molecule has 0 spiro atoms. The molecule has 33 heavy (non-hydrogen) atoms. The highest BCUT2D eigenvalue weighted by atomic mass is 32.2. The highest BCUT2D eigenvalue weighted by Crippen LogP contribution is 2.26. The van der Waals surface area contributed by atoms with Crippen LogP contribution in [0.1, 0.15) is 42.3 Å². The van der Waals surface area contributed by atoms with Gasteiger partial charge >= 0.3 is 0 Å². The van der Waals surface area contributed by atoms with E-state index in [0.717, 1.165) is 30.7 Å². The van der Waals surface area contributed by atoms with Crippen LogP contribution in [0.15, 0.2) is 60.3 Å². The van der Waals surface area contributed by atoms with E-state index < -0.39 is 0 Å². The summed E-state index contributed by atoms with van der Waals surface area (Å²) in [6, 6.07) is 14.3. The molecule has 172 valence electrons. The number of hydrogen-bond acceptors (Lipinski definition) is 5. The third-order valence-corrected chi connectivity index (χ3v) is 6.74. The largest absolute Gasteiger partial charge is 0.486 e. The van der Waals surface area contributed by atoms with Crippen LogP contribution in [0.3, 0.4) is 0 Å². The van der Waals surface area contributed by atoms with Crippen molar-refractivity contribution >= 4 is 23.4 Å². The second kappa shape index (κ2) is 11.2. The van der Waals surface area contributed by atoms with E-state index in [1.807, 2.05) is 34.9 Å². The first-order chi connectivity index (χ1) is 16.2. The summed E-state index contributed by atoms with van der Waals surface area (Å²) in [7, 11) is 0. The van der Waals surface area contributed by atoms with Crippen molar-refractivity contribution in [3.8, 4) is 5.75 Å². The van der Waals surface area contributed by atoms with Crippen LogP contribution in [0.5, 0.6) is 5.75 Å². The van der Waals surface area contributed by atoms with Crippen LogP contribution >= 0.6 is 11.8 Å². The number of nitrogens with one attached hydrogen (secondary N) is 1. The summed E-state index contributed by atoms with van der Waals surface area (Å²) in [6.45, 7) is 6.82. The number of ether oxygens (including phenoxy) is 1. The van der Waals surface area contributed by atoms with Gasteiger partial charge in [-0.05, 0) is 73.1 Å². The Balaban J connectivity index is 1.35. The van der Waals surface area contributed by atoms with Gasteiger partial charge in [0.2, 0.25) is 5.91 Å². The van der Waals surface area contributed by atoms with Gasteiger partial charge in [0.05, 0.1) is 5.75 Å². The molecule has 4 rings (SSSR count). The molecule has 3 aromatic rings. The van der Waals surface area contributed by atoms with Gasteiger partial charge in [-0.15, -0.1) is 16.8 Å². The van der Waals surface area contributed by atoms with Crippen molar-refractivity contribution in [3.63, 3.8) is 0 Å². The van der Waals surface area contributed by atoms with Gasteiger partial charge in [-0.2, -0.15) is 0 Å². The van der Waals surface area contributed by atoms with E-state index in [0.29, 0.717) is 24.1 Å². The molecule has 0 bridgehead atoms. The van der Waals surface area contributed by atoms with Gasteiger partial charge in [0.15, 0.2) is 11.0 Å². The zero-order chi connectivity index (χ0) is 23.0. The lowest BCUT2D eigenvalue weighted by molar-refractivity contribution is -0.113. The third kappa shape index (κ3) is 6.05. The molecule has 1 aliphatic carbocycles. The van der Waals surface area contributed by atoms with Gasteiger partial charge in [-0.3, -0.25) is 9.36 Å². The van der Waals surface area contributed by atoms with Crippen molar-refractivity contribution in [1.82, 2.24) is 14.8 Å². The third-order valence-electron chi connectivity index (χ3n) is 5.77. The molecular weight excluding hydrogens is 432 g/mol. The van der Waals surface area contributed by atoms with E-state index in [2.05, 4.69) is 41.1 Å². The Morgan fingerprint density at radius 3 is 2.70 bits per heavy atom. The number of benzene rings is 2. The summed E-state index contributed by atoms with van der Waals surface area (Å²) in [5, 5.41) is 12.2. The van der Waals surface area contributed by atoms with Gasteiger partial charge in [0, 0.05) is 12.2 Å². The van der Waals surface area contributed by atoms with E-state index >= 15 is 0 Å². The van der Waals surface area contributed by atoms with Gasteiger partial charge < -0.3 is 10.1 Å². The predicted molar refractivity (Wildman–Crippen MR) is 133 cm³/mol. The van der Waals surface area contributed by atoms with E-state index in [-0.39, 0.29) is 11.7 Å². The first kappa shape index (κ1) is 23.1. The normalized spacial score (nSPS) is 12.8. The SMILES string of the molecule is C=CCn1c(COc2ccc3c(c2)CCCC3)nnc1SCC(=O)Nc1ccc(CC)cc1. The van der Waals surface area contributed by atoms with Crippen molar-refractivity contribution in [1.29, 1.82) is 0 Å². The molecule has 0 saturated carbocycles. The minimum atomic E-state index is -0.0794. The fourth-order valence-corrected chi connectivity index (χ4v) is 4.71. The molecule has 0 saturated heterocycles. The predicted octanol–water partition coefficient (Wildman–Crippen LogP) is 5.22. The molecule has 6 nitrogen and oxygen atoms in total. The average molecular weight is 463 g/mol. The molecule has 2 aromatic carbocycles. The summed E-state index contributed by atoms with van der Waals surface area (Å²) in [5.74, 6) is 1.73. The quantitative estimate of drug-likeness (QED) is 0.331. The van der Waals surface area contributed by atoms with Gasteiger partial charge in [-0.1, -0.05) is 43.0 Å². The van der Waals surface area contributed by atoms with Crippen molar-refractivity contribution in [2.24, 2.45) is 0 Å².